The molecule has 0 saturated heterocycles. The van der Waals surface area contributed by atoms with E-state index in [4.69, 9.17) is 0 Å². The van der Waals surface area contributed by atoms with Gasteiger partial charge in [0.2, 0.25) is 0 Å². The van der Waals surface area contributed by atoms with E-state index in [2.05, 4.69) is 143 Å². The van der Waals surface area contributed by atoms with Gasteiger partial charge in [0.1, 0.15) is 0 Å². The minimum atomic E-state index is -2.78. The summed E-state index contributed by atoms with van der Waals surface area (Å²) in [5.41, 5.74) is 0. The standard InChI is InChI=1S/C26H28IPS/c1-2-3-22-29-23-14-13-21-28(27,24-15-7-4-8-16-24,25-17-9-5-10-18-25)26-19-11-6-12-20-26/h4-21,23H,2-3,22H2,1H3. The zero-order chi connectivity index (χ0) is 20.4. The molecule has 0 aliphatic heterocycles. The van der Waals surface area contributed by atoms with Crippen molar-refractivity contribution in [2.45, 2.75) is 19.8 Å². The number of allylic oxidation sites excluding steroid dienone is 2. The van der Waals surface area contributed by atoms with Crippen LogP contribution in [0.25, 0.3) is 0 Å². The molecule has 0 unspecified atom stereocenters. The van der Waals surface area contributed by atoms with Crippen molar-refractivity contribution < 1.29 is 0 Å². The molecule has 0 radical (unpaired) electrons. The first-order chi connectivity index (χ1) is 14.2. The zero-order valence-corrected chi connectivity index (χ0v) is 20.7. The molecule has 150 valence electrons. The molecule has 0 saturated carbocycles. The molecule has 0 amide bonds. The Labute approximate surface area is 192 Å². The van der Waals surface area contributed by atoms with Crippen LogP contribution in [0.1, 0.15) is 19.8 Å². The van der Waals surface area contributed by atoms with Gasteiger partial charge in [0.05, 0.1) is 0 Å². The van der Waals surface area contributed by atoms with Gasteiger partial charge in [-0.1, -0.05) is 0 Å². The van der Waals surface area contributed by atoms with Crippen LogP contribution in [0.4, 0.5) is 0 Å². The van der Waals surface area contributed by atoms with Crippen LogP contribution in [-0.4, -0.2) is 5.75 Å². The van der Waals surface area contributed by atoms with Crippen molar-refractivity contribution in [3.05, 3.63) is 114 Å². The summed E-state index contributed by atoms with van der Waals surface area (Å²) in [6.07, 6.45) is 6.98. The molecule has 0 aliphatic rings. The van der Waals surface area contributed by atoms with Crippen molar-refractivity contribution in [3.63, 3.8) is 0 Å². The third-order valence-electron chi connectivity index (χ3n) is 5.05. The molecule has 0 bridgehead atoms. The normalized spacial score (nSPS) is 13.5. The summed E-state index contributed by atoms with van der Waals surface area (Å²) in [4.78, 5) is 0. The Morgan fingerprint density at radius 3 is 1.59 bits per heavy atom. The van der Waals surface area contributed by atoms with Crippen molar-refractivity contribution in [2.24, 2.45) is 0 Å². The molecular formula is C26H28IPS. The van der Waals surface area contributed by atoms with Crippen LogP contribution in [0.2, 0.25) is 0 Å². The average molecular weight is 530 g/mol. The molecule has 0 atom stereocenters. The van der Waals surface area contributed by atoms with E-state index in [1.54, 1.807) is 0 Å². The zero-order valence-electron chi connectivity index (χ0n) is 16.8. The van der Waals surface area contributed by atoms with Gasteiger partial charge in [0, 0.05) is 0 Å². The fourth-order valence-electron chi connectivity index (χ4n) is 3.47. The Hall–Kier alpha value is -1.35. The minimum absolute atomic E-state index is 1.19. The van der Waals surface area contributed by atoms with Crippen molar-refractivity contribution in [1.29, 1.82) is 0 Å². The molecule has 0 N–H and O–H groups in total. The van der Waals surface area contributed by atoms with Gasteiger partial charge in [-0.15, -0.1) is 0 Å². The van der Waals surface area contributed by atoms with Crippen molar-refractivity contribution in [2.75, 3.05) is 5.75 Å². The summed E-state index contributed by atoms with van der Waals surface area (Å²) in [6, 6.07) is 33.0. The van der Waals surface area contributed by atoms with E-state index in [0.29, 0.717) is 0 Å². The fourth-order valence-corrected chi connectivity index (χ4v) is 11.8. The number of rotatable bonds is 9. The van der Waals surface area contributed by atoms with E-state index >= 15 is 0 Å². The summed E-state index contributed by atoms with van der Waals surface area (Å²) in [6.45, 7) is 2.24. The number of hydrogen-bond donors (Lipinski definition) is 0. The van der Waals surface area contributed by atoms with Crippen molar-refractivity contribution in [3.8, 4) is 0 Å². The van der Waals surface area contributed by atoms with Crippen LogP contribution in [0.15, 0.2) is 114 Å². The van der Waals surface area contributed by atoms with Gasteiger partial charge in [-0.3, -0.25) is 0 Å². The molecule has 0 aliphatic carbocycles. The van der Waals surface area contributed by atoms with Crippen molar-refractivity contribution in [1.82, 2.24) is 0 Å². The average Bonchev–Trinajstić information content (AvgIpc) is 2.80. The van der Waals surface area contributed by atoms with E-state index < -0.39 is 4.25 Å². The summed E-state index contributed by atoms with van der Waals surface area (Å²) < 4.78 is -2.78. The number of hydrogen-bond acceptors (Lipinski definition) is 1. The van der Waals surface area contributed by atoms with Crippen LogP contribution >= 0.6 is 38.0 Å². The van der Waals surface area contributed by atoms with E-state index in [1.165, 1.54) is 34.5 Å². The van der Waals surface area contributed by atoms with E-state index in [9.17, 15) is 0 Å². The van der Waals surface area contributed by atoms with Gasteiger partial charge in [0.25, 0.3) is 0 Å². The van der Waals surface area contributed by atoms with E-state index in [0.717, 1.165) is 0 Å². The summed E-state index contributed by atoms with van der Waals surface area (Å²) in [7, 11) is 0. The van der Waals surface area contributed by atoms with Crippen LogP contribution in [0.5, 0.6) is 0 Å². The van der Waals surface area contributed by atoms with Crippen LogP contribution in [0.3, 0.4) is 0 Å². The third-order valence-corrected chi connectivity index (χ3v) is 16.6. The topological polar surface area (TPSA) is 0 Å². The quantitative estimate of drug-likeness (QED) is 0.120. The third kappa shape index (κ3) is 4.87. The Kier molecular flexibility index (Phi) is 8.17. The Morgan fingerprint density at radius 1 is 0.724 bits per heavy atom. The van der Waals surface area contributed by atoms with Crippen LogP contribution < -0.4 is 15.9 Å². The molecule has 3 heteroatoms. The maximum absolute atomic E-state index is 2.78. The second-order valence-corrected chi connectivity index (χ2v) is 18.0. The summed E-state index contributed by atoms with van der Waals surface area (Å²) in [5, 5.41) is 6.35. The van der Waals surface area contributed by atoms with E-state index in [1.807, 2.05) is 11.8 Å². The number of thioether (sulfide) groups is 1. The molecule has 0 nitrogen and oxygen atoms in total. The molecule has 3 aromatic carbocycles. The van der Waals surface area contributed by atoms with Gasteiger partial charge in [-0.25, -0.2) is 0 Å². The number of benzene rings is 3. The van der Waals surface area contributed by atoms with Crippen LogP contribution in [-0.2, 0) is 0 Å². The SMILES string of the molecule is CCCCSC=CC=CP(I)(c1ccccc1)(c1ccccc1)c1ccccc1. The van der Waals surface area contributed by atoms with Gasteiger partial charge >= 0.3 is 194 Å². The van der Waals surface area contributed by atoms with Gasteiger partial charge in [0.15, 0.2) is 0 Å². The maximum atomic E-state index is 2.78. The predicted octanol–water partition coefficient (Wildman–Crippen LogP) is 7.43. The molecule has 0 spiro atoms. The molecule has 29 heavy (non-hydrogen) atoms. The summed E-state index contributed by atoms with van der Waals surface area (Å²) in [5.74, 6) is 3.66. The van der Waals surface area contributed by atoms with Gasteiger partial charge in [-0.05, 0) is 0 Å². The first-order valence-electron chi connectivity index (χ1n) is 10.1. The Morgan fingerprint density at radius 2 is 1.17 bits per heavy atom. The predicted molar refractivity (Wildman–Crippen MR) is 145 cm³/mol. The van der Waals surface area contributed by atoms with Gasteiger partial charge < -0.3 is 0 Å². The van der Waals surface area contributed by atoms with Crippen LogP contribution in [0, 0.1) is 0 Å². The summed E-state index contributed by atoms with van der Waals surface area (Å²) >= 11 is 4.68. The molecule has 3 aromatic rings. The van der Waals surface area contributed by atoms with E-state index in [-0.39, 0.29) is 0 Å². The van der Waals surface area contributed by atoms with Gasteiger partial charge in [-0.2, -0.15) is 0 Å². The number of halogens is 1. The Balaban J connectivity index is 2.17. The monoisotopic (exact) mass is 530 g/mol. The molecule has 3 rings (SSSR count). The molecule has 0 heterocycles. The molecule has 0 fully saturated rings. The fraction of sp³-hybridized carbons (Fsp3) is 0.154. The first-order valence-corrected chi connectivity index (χ1v) is 16.2. The molecular weight excluding hydrogens is 502 g/mol. The second kappa shape index (κ2) is 10.6. The molecule has 0 aromatic heterocycles. The van der Waals surface area contributed by atoms with Crippen molar-refractivity contribution >= 4 is 54.0 Å². The Bertz CT molecular complexity index is 837. The second-order valence-electron chi connectivity index (χ2n) is 6.97. The number of unbranched alkanes of at least 4 members (excludes halogenated alkanes) is 1. The first kappa shape index (κ1) is 22.3.